The van der Waals surface area contributed by atoms with Gasteiger partial charge in [0.05, 0.1) is 12.6 Å². The Morgan fingerprint density at radius 1 is 1.33 bits per heavy atom. The van der Waals surface area contributed by atoms with E-state index in [4.69, 9.17) is 4.74 Å². The monoisotopic (exact) mass is 246 g/mol. The maximum absolute atomic E-state index is 11.8. The van der Waals surface area contributed by atoms with Gasteiger partial charge in [0.1, 0.15) is 12.4 Å². The van der Waals surface area contributed by atoms with Crippen molar-refractivity contribution < 1.29 is 9.53 Å². The summed E-state index contributed by atoms with van der Waals surface area (Å²) in [6, 6.07) is 7.85. The fourth-order valence-corrected chi connectivity index (χ4v) is 2.24. The molecule has 1 atom stereocenters. The second-order valence-electron chi connectivity index (χ2n) is 5.04. The molecule has 0 aromatic heterocycles. The normalized spacial score (nSPS) is 21.2. The zero-order valence-corrected chi connectivity index (χ0v) is 10.3. The Labute approximate surface area is 107 Å². The van der Waals surface area contributed by atoms with E-state index in [2.05, 4.69) is 10.6 Å². The van der Waals surface area contributed by atoms with Crippen LogP contribution >= 0.6 is 0 Å². The molecule has 2 aliphatic rings. The van der Waals surface area contributed by atoms with E-state index in [1.54, 1.807) is 0 Å². The molecule has 0 radical (unpaired) electrons. The third kappa shape index (κ3) is 2.64. The molecule has 1 aliphatic heterocycles. The van der Waals surface area contributed by atoms with Crippen molar-refractivity contribution in [2.45, 2.75) is 18.9 Å². The third-order valence-electron chi connectivity index (χ3n) is 3.45. The molecule has 96 valence electrons. The molecule has 1 aromatic rings. The maximum atomic E-state index is 11.8. The van der Waals surface area contributed by atoms with Crippen LogP contribution in [0.3, 0.4) is 0 Å². The Hall–Kier alpha value is -1.55. The second kappa shape index (κ2) is 4.98. The van der Waals surface area contributed by atoms with Crippen LogP contribution in [0.4, 0.5) is 0 Å². The summed E-state index contributed by atoms with van der Waals surface area (Å²) in [7, 11) is 0. The Morgan fingerprint density at radius 2 is 2.17 bits per heavy atom. The molecule has 0 spiro atoms. The summed E-state index contributed by atoms with van der Waals surface area (Å²) >= 11 is 0. The summed E-state index contributed by atoms with van der Waals surface area (Å²) in [6.07, 6.45) is 2.61. The standard InChI is InChI=1S/C14H18N2O2/c17-14(8-15-7-10-5-6-10)16-12-9-18-13-4-2-1-3-11(12)13/h1-4,10,12,15H,5-9H2,(H,16,17). The Morgan fingerprint density at radius 3 is 3.00 bits per heavy atom. The van der Waals surface area contributed by atoms with Crippen LogP contribution in [-0.2, 0) is 4.79 Å². The molecule has 1 unspecified atom stereocenters. The van der Waals surface area contributed by atoms with Crippen LogP contribution in [0.5, 0.6) is 5.75 Å². The highest BCUT2D eigenvalue weighted by Crippen LogP contribution is 2.31. The highest BCUT2D eigenvalue weighted by atomic mass is 16.5. The van der Waals surface area contributed by atoms with Crippen molar-refractivity contribution in [3.05, 3.63) is 29.8 Å². The van der Waals surface area contributed by atoms with Crippen LogP contribution in [0.25, 0.3) is 0 Å². The number of nitrogens with one attached hydrogen (secondary N) is 2. The average molecular weight is 246 g/mol. The number of rotatable bonds is 5. The Kier molecular flexibility index (Phi) is 3.19. The number of para-hydroxylation sites is 1. The van der Waals surface area contributed by atoms with Gasteiger partial charge in [-0.3, -0.25) is 4.79 Å². The van der Waals surface area contributed by atoms with Gasteiger partial charge < -0.3 is 15.4 Å². The second-order valence-corrected chi connectivity index (χ2v) is 5.04. The molecule has 0 saturated heterocycles. The minimum Gasteiger partial charge on any atom is -0.491 e. The van der Waals surface area contributed by atoms with E-state index in [9.17, 15) is 4.79 Å². The lowest BCUT2D eigenvalue weighted by molar-refractivity contribution is -0.121. The maximum Gasteiger partial charge on any atom is 0.234 e. The quantitative estimate of drug-likeness (QED) is 0.821. The van der Waals surface area contributed by atoms with Crippen LogP contribution in [0.15, 0.2) is 24.3 Å². The van der Waals surface area contributed by atoms with Gasteiger partial charge in [0.15, 0.2) is 0 Å². The van der Waals surface area contributed by atoms with Gasteiger partial charge in [-0.15, -0.1) is 0 Å². The summed E-state index contributed by atoms with van der Waals surface area (Å²) in [6.45, 7) is 1.90. The number of hydrogen-bond acceptors (Lipinski definition) is 3. The number of amides is 1. The van der Waals surface area contributed by atoms with Crippen LogP contribution in [0.1, 0.15) is 24.4 Å². The minimum absolute atomic E-state index is 0.00331. The van der Waals surface area contributed by atoms with E-state index in [0.29, 0.717) is 13.2 Å². The van der Waals surface area contributed by atoms with Gasteiger partial charge in [-0.25, -0.2) is 0 Å². The van der Waals surface area contributed by atoms with Gasteiger partial charge in [-0.2, -0.15) is 0 Å². The number of fused-ring (bicyclic) bond motifs is 1. The number of carbonyl (C=O) groups is 1. The Balaban J connectivity index is 1.49. The molecule has 2 N–H and O–H groups in total. The summed E-state index contributed by atoms with van der Waals surface area (Å²) in [4.78, 5) is 11.8. The lowest BCUT2D eigenvalue weighted by Crippen LogP contribution is -2.37. The van der Waals surface area contributed by atoms with E-state index < -0.39 is 0 Å². The first-order valence-electron chi connectivity index (χ1n) is 6.55. The van der Waals surface area contributed by atoms with Crippen molar-refractivity contribution >= 4 is 5.91 Å². The molecule has 1 aromatic carbocycles. The van der Waals surface area contributed by atoms with E-state index in [1.807, 2.05) is 24.3 Å². The van der Waals surface area contributed by atoms with Crippen molar-refractivity contribution in [1.29, 1.82) is 0 Å². The number of hydrogen-bond donors (Lipinski definition) is 2. The lowest BCUT2D eigenvalue weighted by atomic mass is 10.1. The fourth-order valence-electron chi connectivity index (χ4n) is 2.24. The zero-order valence-electron chi connectivity index (χ0n) is 10.3. The summed E-state index contributed by atoms with van der Waals surface area (Å²) in [5.74, 6) is 1.73. The van der Waals surface area contributed by atoms with Crippen LogP contribution in [0, 0.1) is 5.92 Å². The first kappa shape index (κ1) is 11.5. The molecule has 4 nitrogen and oxygen atoms in total. The minimum atomic E-state index is -0.00331. The fraction of sp³-hybridized carbons (Fsp3) is 0.500. The van der Waals surface area contributed by atoms with E-state index in [0.717, 1.165) is 23.8 Å². The SMILES string of the molecule is O=C(CNCC1CC1)NC1COc2ccccc21. The van der Waals surface area contributed by atoms with Gasteiger partial charge in [-0.05, 0) is 31.4 Å². The van der Waals surface area contributed by atoms with Crippen molar-refractivity contribution in [3.8, 4) is 5.75 Å². The highest BCUT2D eigenvalue weighted by Gasteiger charge is 2.25. The molecule has 1 saturated carbocycles. The molecule has 1 aliphatic carbocycles. The van der Waals surface area contributed by atoms with E-state index in [1.165, 1.54) is 12.8 Å². The van der Waals surface area contributed by atoms with Crippen molar-refractivity contribution in [2.75, 3.05) is 19.7 Å². The number of ether oxygens (including phenoxy) is 1. The van der Waals surface area contributed by atoms with Crippen LogP contribution in [0.2, 0.25) is 0 Å². The smallest absolute Gasteiger partial charge is 0.234 e. The number of benzene rings is 1. The molecule has 1 heterocycles. The first-order valence-corrected chi connectivity index (χ1v) is 6.55. The predicted octanol–water partition coefficient (Wildman–Crippen LogP) is 1.24. The van der Waals surface area contributed by atoms with E-state index >= 15 is 0 Å². The molecule has 1 fully saturated rings. The van der Waals surface area contributed by atoms with Crippen molar-refractivity contribution in [3.63, 3.8) is 0 Å². The van der Waals surface area contributed by atoms with Crippen molar-refractivity contribution in [2.24, 2.45) is 5.92 Å². The topological polar surface area (TPSA) is 50.4 Å². The van der Waals surface area contributed by atoms with Gasteiger partial charge >= 0.3 is 0 Å². The van der Waals surface area contributed by atoms with Gasteiger partial charge in [0.25, 0.3) is 0 Å². The molecule has 4 heteroatoms. The van der Waals surface area contributed by atoms with Crippen LogP contribution < -0.4 is 15.4 Å². The molecular formula is C14H18N2O2. The van der Waals surface area contributed by atoms with Gasteiger partial charge in [-0.1, -0.05) is 18.2 Å². The largest absolute Gasteiger partial charge is 0.491 e. The predicted molar refractivity (Wildman–Crippen MR) is 68.4 cm³/mol. The molecule has 1 amide bonds. The van der Waals surface area contributed by atoms with Gasteiger partial charge in [0.2, 0.25) is 5.91 Å². The average Bonchev–Trinajstić information content (AvgIpc) is 3.11. The van der Waals surface area contributed by atoms with E-state index in [-0.39, 0.29) is 11.9 Å². The third-order valence-corrected chi connectivity index (χ3v) is 3.45. The van der Waals surface area contributed by atoms with Gasteiger partial charge in [0, 0.05) is 5.56 Å². The van der Waals surface area contributed by atoms with Crippen LogP contribution in [-0.4, -0.2) is 25.6 Å². The summed E-state index contributed by atoms with van der Waals surface area (Å²) < 4.78 is 5.53. The van der Waals surface area contributed by atoms with Crippen molar-refractivity contribution in [1.82, 2.24) is 10.6 Å². The Bertz CT molecular complexity index is 443. The molecule has 18 heavy (non-hydrogen) atoms. The molecule has 3 rings (SSSR count). The highest BCUT2D eigenvalue weighted by molar-refractivity contribution is 5.78. The lowest BCUT2D eigenvalue weighted by Gasteiger charge is -2.12. The zero-order chi connectivity index (χ0) is 12.4. The summed E-state index contributed by atoms with van der Waals surface area (Å²) in [5.41, 5.74) is 1.08. The molecular weight excluding hydrogens is 228 g/mol. The molecule has 0 bridgehead atoms. The first-order chi connectivity index (χ1) is 8.83. The number of carbonyl (C=O) groups excluding carboxylic acids is 1. The summed E-state index contributed by atoms with van der Waals surface area (Å²) in [5, 5.41) is 6.19.